The van der Waals surface area contributed by atoms with Gasteiger partial charge in [0.2, 0.25) is 0 Å². The lowest BCUT2D eigenvalue weighted by Crippen LogP contribution is -2.16. The van der Waals surface area contributed by atoms with Crippen molar-refractivity contribution in [3.8, 4) is 0 Å². The molecule has 0 amide bonds. The van der Waals surface area contributed by atoms with Crippen molar-refractivity contribution in [2.75, 3.05) is 0 Å². The molecule has 1 rings (SSSR count). The molecule has 0 aliphatic carbocycles. The summed E-state index contributed by atoms with van der Waals surface area (Å²) < 4.78 is 0. The number of nitrogens with zero attached hydrogens (tertiary/aromatic N) is 2. The van der Waals surface area contributed by atoms with Crippen LogP contribution in [-0.2, 0) is 4.79 Å². The van der Waals surface area contributed by atoms with Gasteiger partial charge in [0.1, 0.15) is 0 Å². The van der Waals surface area contributed by atoms with Crippen molar-refractivity contribution < 1.29 is 19.7 Å². The molecule has 96 valence electrons. The fourth-order valence-electron chi connectivity index (χ4n) is 1.42. The maximum absolute atomic E-state index is 10.8. The molecule has 18 heavy (non-hydrogen) atoms. The predicted molar refractivity (Wildman–Crippen MR) is 58.9 cm³/mol. The van der Waals surface area contributed by atoms with Crippen LogP contribution in [0.1, 0.15) is 18.0 Å². The zero-order chi connectivity index (χ0) is 13.9. The second-order valence-corrected chi connectivity index (χ2v) is 3.46. The van der Waals surface area contributed by atoms with Gasteiger partial charge in [0.05, 0.1) is 22.3 Å². The van der Waals surface area contributed by atoms with E-state index in [2.05, 4.69) is 0 Å². The van der Waals surface area contributed by atoms with E-state index in [4.69, 9.17) is 10.8 Å². The van der Waals surface area contributed by atoms with E-state index in [1.807, 2.05) is 0 Å². The van der Waals surface area contributed by atoms with Crippen molar-refractivity contribution in [3.63, 3.8) is 0 Å². The van der Waals surface area contributed by atoms with Gasteiger partial charge in [-0.25, -0.2) is 0 Å². The highest BCUT2D eigenvalue weighted by atomic mass is 16.6. The first-order chi connectivity index (χ1) is 8.32. The molecule has 0 heterocycles. The number of nitro benzene ring substituents is 2. The van der Waals surface area contributed by atoms with Crippen LogP contribution in [0.5, 0.6) is 0 Å². The van der Waals surface area contributed by atoms with Crippen molar-refractivity contribution in [2.24, 2.45) is 5.73 Å². The van der Waals surface area contributed by atoms with E-state index < -0.39 is 39.7 Å². The largest absolute Gasteiger partial charge is 0.481 e. The molecule has 0 aromatic heterocycles. The summed E-state index contributed by atoms with van der Waals surface area (Å²) in [7, 11) is 0. The predicted octanol–water partition coefficient (Wildman–Crippen LogP) is 0.977. The number of rotatable bonds is 5. The molecule has 0 saturated carbocycles. The van der Waals surface area contributed by atoms with E-state index in [9.17, 15) is 25.0 Å². The number of carboxylic acids is 1. The van der Waals surface area contributed by atoms with Crippen LogP contribution < -0.4 is 5.73 Å². The maximum atomic E-state index is 10.8. The van der Waals surface area contributed by atoms with E-state index >= 15 is 0 Å². The SMILES string of the molecule is NC(CC(=O)O)c1ccc([N+](=O)[O-])cc1[N+](=O)[O-]. The number of benzene rings is 1. The van der Waals surface area contributed by atoms with Crippen LogP contribution in [0.3, 0.4) is 0 Å². The molecule has 3 N–H and O–H groups in total. The lowest BCUT2D eigenvalue weighted by atomic mass is 10.0. The standard InChI is InChI=1S/C9H9N3O6/c10-7(4-9(13)14)6-2-1-5(11(15)16)3-8(6)12(17)18/h1-3,7H,4,10H2,(H,13,14). The second-order valence-electron chi connectivity index (χ2n) is 3.46. The number of carboxylic acid groups (broad SMARTS) is 1. The van der Waals surface area contributed by atoms with Crippen LogP contribution in [0.4, 0.5) is 11.4 Å². The zero-order valence-electron chi connectivity index (χ0n) is 8.98. The van der Waals surface area contributed by atoms with Crippen molar-refractivity contribution in [1.29, 1.82) is 0 Å². The Morgan fingerprint density at radius 1 is 1.33 bits per heavy atom. The van der Waals surface area contributed by atoms with E-state index in [0.29, 0.717) is 0 Å². The molecule has 9 heteroatoms. The van der Waals surface area contributed by atoms with E-state index in [1.54, 1.807) is 0 Å². The molecule has 1 aromatic rings. The number of hydrogen-bond acceptors (Lipinski definition) is 6. The second kappa shape index (κ2) is 5.19. The van der Waals surface area contributed by atoms with Gasteiger partial charge in [0.25, 0.3) is 11.4 Å². The highest BCUT2D eigenvalue weighted by Gasteiger charge is 2.24. The van der Waals surface area contributed by atoms with Gasteiger partial charge in [-0.2, -0.15) is 0 Å². The van der Waals surface area contributed by atoms with Crippen LogP contribution in [0.15, 0.2) is 18.2 Å². The quantitative estimate of drug-likeness (QED) is 0.587. The molecular formula is C9H9N3O6. The van der Waals surface area contributed by atoms with Gasteiger partial charge >= 0.3 is 5.97 Å². The van der Waals surface area contributed by atoms with Gasteiger partial charge in [0.15, 0.2) is 0 Å². The topological polar surface area (TPSA) is 150 Å². The molecule has 1 unspecified atom stereocenters. The van der Waals surface area contributed by atoms with Gasteiger partial charge < -0.3 is 10.8 Å². The van der Waals surface area contributed by atoms with Gasteiger partial charge in [0, 0.05) is 17.7 Å². The zero-order valence-corrected chi connectivity index (χ0v) is 8.98. The number of carbonyl (C=O) groups is 1. The van der Waals surface area contributed by atoms with Crippen LogP contribution >= 0.6 is 0 Å². The molecule has 0 bridgehead atoms. The Morgan fingerprint density at radius 2 is 1.94 bits per heavy atom. The molecule has 0 aliphatic rings. The Labute approximate surface area is 100 Å². The Hall–Kier alpha value is -2.55. The van der Waals surface area contributed by atoms with Crippen LogP contribution in [-0.4, -0.2) is 20.9 Å². The van der Waals surface area contributed by atoms with Crippen molar-refractivity contribution in [3.05, 3.63) is 44.0 Å². The minimum atomic E-state index is -1.21. The number of hydrogen-bond donors (Lipinski definition) is 2. The molecule has 0 saturated heterocycles. The normalized spacial score (nSPS) is 11.8. The van der Waals surface area contributed by atoms with Crippen LogP contribution in [0.25, 0.3) is 0 Å². The van der Waals surface area contributed by atoms with Crippen molar-refractivity contribution in [2.45, 2.75) is 12.5 Å². The summed E-state index contributed by atoms with van der Waals surface area (Å²) in [6.45, 7) is 0. The summed E-state index contributed by atoms with van der Waals surface area (Å²) in [5.41, 5.74) is 4.45. The minimum Gasteiger partial charge on any atom is -0.481 e. The summed E-state index contributed by atoms with van der Waals surface area (Å²) in [4.78, 5) is 30.1. The Bertz CT molecular complexity index is 515. The average Bonchev–Trinajstić information content (AvgIpc) is 2.26. The van der Waals surface area contributed by atoms with E-state index in [1.165, 1.54) is 0 Å². The minimum absolute atomic E-state index is 0.0481. The fraction of sp³-hybridized carbons (Fsp3) is 0.222. The van der Waals surface area contributed by atoms with Crippen LogP contribution in [0.2, 0.25) is 0 Å². The number of non-ortho nitro benzene ring substituents is 1. The first-order valence-corrected chi connectivity index (χ1v) is 4.73. The third-order valence-electron chi connectivity index (χ3n) is 2.22. The molecule has 1 aromatic carbocycles. The Morgan fingerprint density at radius 3 is 2.39 bits per heavy atom. The molecule has 1 atom stereocenters. The van der Waals surface area contributed by atoms with Gasteiger partial charge in [-0.1, -0.05) is 0 Å². The summed E-state index contributed by atoms with van der Waals surface area (Å²) in [5, 5.41) is 29.8. The molecular weight excluding hydrogens is 246 g/mol. The van der Waals surface area contributed by atoms with Gasteiger partial charge in [-0.15, -0.1) is 0 Å². The third-order valence-corrected chi connectivity index (χ3v) is 2.22. The maximum Gasteiger partial charge on any atom is 0.305 e. The molecule has 9 nitrogen and oxygen atoms in total. The van der Waals surface area contributed by atoms with Crippen molar-refractivity contribution in [1.82, 2.24) is 0 Å². The Kier molecular flexibility index (Phi) is 3.89. The molecule has 0 radical (unpaired) electrons. The summed E-state index contributed by atoms with van der Waals surface area (Å²) in [5.74, 6) is -1.21. The first kappa shape index (κ1) is 13.5. The van der Waals surface area contributed by atoms with Gasteiger partial charge in [-0.3, -0.25) is 25.0 Å². The van der Waals surface area contributed by atoms with E-state index in [0.717, 1.165) is 18.2 Å². The summed E-state index contributed by atoms with van der Waals surface area (Å²) in [6.07, 6.45) is -0.501. The lowest BCUT2D eigenvalue weighted by Gasteiger charge is -2.09. The van der Waals surface area contributed by atoms with Crippen LogP contribution in [0, 0.1) is 20.2 Å². The Balaban J connectivity index is 3.23. The highest BCUT2D eigenvalue weighted by Crippen LogP contribution is 2.29. The monoisotopic (exact) mass is 255 g/mol. The lowest BCUT2D eigenvalue weighted by molar-refractivity contribution is -0.394. The highest BCUT2D eigenvalue weighted by molar-refractivity contribution is 5.68. The summed E-state index contributed by atoms with van der Waals surface area (Å²) >= 11 is 0. The molecule has 0 aliphatic heterocycles. The smallest absolute Gasteiger partial charge is 0.305 e. The molecule has 0 fully saturated rings. The third kappa shape index (κ3) is 2.98. The fourth-order valence-corrected chi connectivity index (χ4v) is 1.42. The number of aliphatic carboxylic acids is 1. The van der Waals surface area contributed by atoms with Crippen molar-refractivity contribution >= 4 is 17.3 Å². The van der Waals surface area contributed by atoms with E-state index in [-0.39, 0.29) is 5.56 Å². The number of nitro groups is 2. The first-order valence-electron chi connectivity index (χ1n) is 4.73. The van der Waals surface area contributed by atoms with Gasteiger partial charge in [-0.05, 0) is 6.07 Å². The summed E-state index contributed by atoms with van der Waals surface area (Å²) in [6, 6.07) is 1.81. The molecule has 0 spiro atoms. The average molecular weight is 255 g/mol. The number of nitrogens with two attached hydrogens (primary N) is 1.